The minimum absolute atomic E-state index is 0.0999. The highest BCUT2D eigenvalue weighted by Crippen LogP contribution is 2.43. The summed E-state index contributed by atoms with van der Waals surface area (Å²) in [6, 6.07) is 7.77. The van der Waals surface area contributed by atoms with Gasteiger partial charge >= 0.3 is 0 Å². The van der Waals surface area contributed by atoms with Crippen LogP contribution in [0.15, 0.2) is 24.3 Å². The van der Waals surface area contributed by atoms with Gasteiger partial charge in [0.2, 0.25) is 0 Å². The average Bonchev–Trinajstić information content (AvgIpc) is 3.35. The lowest BCUT2D eigenvalue weighted by Gasteiger charge is -2.16. The molecule has 0 radical (unpaired) electrons. The normalized spacial score (nSPS) is 14.6. The Morgan fingerprint density at radius 3 is 2.46 bits per heavy atom. The highest BCUT2D eigenvalue weighted by Gasteiger charge is 2.31. The first kappa shape index (κ1) is 18.8. The lowest BCUT2D eigenvalue weighted by molar-refractivity contribution is -0.384. The van der Waals surface area contributed by atoms with E-state index in [1.54, 1.807) is 12.1 Å². The Balaban J connectivity index is 1.80. The van der Waals surface area contributed by atoms with Crippen molar-refractivity contribution in [1.82, 2.24) is 9.78 Å². The molecule has 1 aromatic heterocycles. The first-order valence-electron chi connectivity index (χ1n) is 9.16. The third kappa shape index (κ3) is 4.39. The van der Waals surface area contributed by atoms with Gasteiger partial charge in [0.15, 0.2) is 0 Å². The standard InChI is InChI=1S/C19H27N3O3Si/c1-14-18(15-7-9-17(10-8-15)22(23)24)20-21(19(14)16-5-6-16)13-25-11-12-26(2,3)4/h7-10,16H,5-6,11-13H2,1-4H3. The second-order valence-electron chi connectivity index (χ2n) is 8.28. The highest BCUT2D eigenvalue weighted by molar-refractivity contribution is 6.76. The summed E-state index contributed by atoms with van der Waals surface area (Å²) in [4.78, 5) is 10.5. The van der Waals surface area contributed by atoms with Gasteiger partial charge in [0, 0.05) is 44.0 Å². The van der Waals surface area contributed by atoms with E-state index in [0.29, 0.717) is 12.6 Å². The molecule has 1 fully saturated rings. The van der Waals surface area contributed by atoms with E-state index in [9.17, 15) is 10.1 Å². The number of hydrogen-bond acceptors (Lipinski definition) is 4. The molecule has 0 saturated heterocycles. The third-order valence-corrected chi connectivity index (χ3v) is 6.47. The quantitative estimate of drug-likeness (QED) is 0.284. The zero-order chi connectivity index (χ0) is 18.9. The van der Waals surface area contributed by atoms with E-state index < -0.39 is 8.07 Å². The Morgan fingerprint density at radius 2 is 1.92 bits per heavy atom. The number of rotatable bonds is 8. The predicted molar refractivity (Wildman–Crippen MR) is 105 cm³/mol. The molecule has 2 aromatic rings. The third-order valence-electron chi connectivity index (χ3n) is 4.76. The van der Waals surface area contributed by atoms with E-state index in [1.807, 2.05) is 4.68 Å². The molecule has 6 nitrogen and oxygen atoms in total. The second-order valence-corrected chi connectivity index (χ2v) is 13.9. The van der Waals surface area contributed by atoms with Crippen LogP contribution in [0.5, 0.6) is 0 Å². The molecule has 0 aliphatic heterocycles. The molecule has 0 spiro atoms. The molecule has 0 N–H and O–H groups in total. The lowest BCUT2D eigenvalue weighted by Crippen LogP contribution is -2.22. The number of ether oxygens (including phenoxy) is 1. The van der Waals surface area contributed by atoms with Gasteiger partial charge in [-0.2, -0.15) is 5.10 Å². The molecular formula is C19H27N3O3Si. The summed E-state index contributed by atoms with van der Waals surface area (Å²) in [5, 5.41) is 15.6. The van der Waals surface area contributed by atoms with Crippen molar-refractivity contribution >= 4 is 13.8 Å². The van der Waals surface area contributed by atoms with E-state index in [1.165, 1.54) is 30.7 Å². The Bertz CT molecular complexity index is 790. The van der Waals surface area contributed by atoms with Crippen molar-refractivity contribution in [3.8, 4) is 11.3 Å². The van der Waals surface area contributed by atoms with Crippen LogP contribution in [-0.2, 0) is 11.5 Å². The van der Waals surface area contributed by atoms with Crippen molar-refractivity contribution in [3.63, 3.8) is 0 Å². The second kappa shape index (κ2) is 7.32. The first-order valence-corrected chi connectivity index (χ1v) is 12.9. The minimum Gasteiger partial charge on any atom is -0.360 e. The SMILES string of the molecule is Cc1c(-c2ccc([N+](=O)[O-])cc2)nn(COCC[Si](C)(C)C)c1C1CC1. The van der Waals surface area contributed by atoms with Crippen LogP contribution in [-0.4, -0.2) is 29.4 Å². The van der Waals surface area contributed by atoms with Crippen LogP contribution in [0.25, 0.3) is 11.3 Å². The number of nitro benzene ring substituents is 1. The molecule has 0 unspecified atom stereocenters. The molecule has 0 amide bonds. The number of nitrogens with zero attached hydrogens (tertiary/aromatic N) is 3. The maximum absolute atomic E-state index is 10.9. The Morgan fingerprint density at radius 1 is 1.27 bits per heavy atom. The zero-order valence-electron chi connectivity index (χ0n) is 16.0. The van der Waals surface area contributed by atoms with Gasteiger partial charge in [-0.05, 0) is 43.5 Å². The average molecular weight is 374 g/mol. The summed E-state index contributed by atoms with van der Waals surface area (Å²) >= 11 is 0. The summed E-state index contributed by atoms with van der Waals surface area (Å²) in [5.74, 6) is 0.565. The smallest absolute Gasteiger partial charge is 0.269 e. The van der Waals surface area contributed by atoms with Gasteiger partial charge in [0.1, 0.15) is 6.73 Å². The fourth-order valence-electron chi connectivity index (χ4n) is 3.08. The van der Waals surface area contributed by atoms with Crippen LogP contribution in [0.1, 0.15) is 30.0 Å². The van der Waals surface area contributed by atoms with Crippen molar-refractivity contribution in [2.45, 2.75) is 58.1 Å². The van der Waals surface area contributed by atoms with Gasteiger partial charge < -0.3 is 4.74 Å². The highest BCUT2D eigenvalue weighted by atomic mass is 28.3. The molecule has 7 heteroatoms. The maximum Gasteiger partial charge on any atom is 0.269 e. The molecule has 1 saturated carbocycles. The maximum atomic E-state index is 10.9. The molecule has 3 rings (SSSR count). The number of non-ortho nitro benzene ring substituents is 1. The zero-order valence-corrected chi connectivity index (χ0v) is 17.0. The number of benzene rings is 1. The van der Waals surface area contributed by atoms with E-state index in [0.717, 1.165) is 29.5 Å². The fourth-order valence-corrected chi connectivity index (χ4v) is 3.84. The molecule has 26 heavy (non-hydrogen) atoms. The molecule has 1 heterocycles. The van der Waals surface area contributed by atoms with Crippen molar-refractivity contribution in [2.75, 3.05) is 6.61 Å². The van der Waals surface area contributed by atoms with Gasteiger partial charge in [-0.3, -0.25) is 10.1 Å². The Labute approximate surface area is 155 Å². The Kier molecular flexibility index (Phi) is 5.29. The van der Waals surface area contributed by atoms with Crippen LogP contribution >= 0.6 is 0 Å². The molecular weight excluding hydrogens is 346 g/mol. The topological polar surface area (TPSA) is 70.2 Å². The van der Waals surface area contributed by atoms with Crippen molar-refractivity contribution < 1.29 is 9.66 Å². The van der Waals surface area contributed by atoms with Crippen LogP contribution in [0.2, 0.25) is 25.7 Å². The summed E-state index contributed by atoms with van der Waals surface area (Å²) in [7, 11) is -1.10. The summed E-state index contributed by atoms with van der Waals surface area (Å²) in [6.07, 6.45) is 2.39. The van der Waals surface area contributed by atoms with Crippen molar-refractivity contribution in [2.24, 2.45) is 0 Å². The molecule has 140 valence electrons. The van der Waals surface area contributed by atoms with Gasteiger partial charge in [-0.1, -0.05) is 19.6 Å². The lowest BCUT2D eigenvalue weighted by atomic mass is 10.0. The number of hydrogen-bond donors (Lipinski definition) is 0. The number of aromatic nitrogens is 2. The van der Waals surface area contributed by atoms with Gasteiger partial charge in [0.05, 0.1) is 10.6 Å². The Hall–Kier alpha value is -1.99. The predicted octanol–water partition coefficient (Wildman–Crippen LogP) is 4.96. The summed E-state index contributed by atoms with van der Waals surface area (Å²) in [6.45, 7) is 10.4. The molecule has 0 atom stereocenters. The monoisotopic (exact) mass is 373 g/mol. The van der Waals surface area contributed by atoms with Gasteiger partial charge in [-0.25, -0.2) is 4.68 Å². The van der Waals surface area contributed by atoms with Crippen LogP contribution in [0.3, 0.4) is 0 Å². The van der Waals surface area contributed by atoms with Crippen LogP contribution < -0.4 is 0 Å². The largest absolute Gasteiger partial charge is 0.360 e. The van der Waals surface area contributed by atoms with E-state index in [-0.39, 0.29) is 10.6 Å². The molecule has 1 aromatic carbocycles. The fraction of sp³-hybridized carbons (Fsp3) is 0.526. The van der Waals surface area contributed by atoms with Crippen molar-refractivity contribution in [3.05, 3.63) is 45.6 Å². The number of nitro groups is 1. The molecule has 1 aliphatic carbocycles. The van der Waals surface area contributed by atoms with E-state index in [2.05, 4.69) is 26.6 Å². The summed E-state index contributed by atoms with van der Waals surface area (Å²) < 4.78 is 7.91. The van der Waals surface area contributed by atoms with E-state index >= 15 is 0 Å². The molecule has 0 bridgehead atoms. The van der Waals surface area contributed by atoms with Crippen LogP contribution in [0, 0.1) is 17.0 Å². The van der Waals surface area contributed by atoms with Gasteiger partial charge in [-0.15, -0.1) is 0 Å². The van der Waals surface area contributed by atoms with Crippen LogP contribution in [0.4, 0.5) is 5.69 Å². The minimum atomic E-state index is -1.10. The van der Waals surface area contributed by atoms with E-state index in [4.69, 9.17) is 9.84 Å². The first-order chi connectivity index (χ1) is 12.3. The summed E-state index contributed by atoms with van der Waals surface area (Å²) in [5.41, 5.74) is 4.33. The van der Waals surface area contributed by atoms with Crippen molar-refractivity contribution in [1.29, 1.82) is 0 Å². The molecule has 1 aliphatic rings. The van der Waals surface area contributed by atoms with Gasteiger partial charge in [0.25, 0.3) is 5.69 Å².